The summed E-state index contributed by atoms with van der Waals surface area (Å²) in [5, 5.41) is 4.03. The molecule has 1 N–H and O–H groups in total. The number of aromatic nitrogens is 3. The molecule has 0 spiro atoms. The zero-order valence-electron chi connectivity index (χ0n) is 18.7. The van der Waals surface area contributed by atoms with Crippen LogP contribution in [0, 0.1) is 0 Å². The molecular formula is C25H26ClN5O2. The normalized spacial score (nSPS) is 13.7. The van der Waals surface area contributed by atoms with E-state index >= 15 is 0 Å². The molecule has 0 saturated carbocycles. The van der Waals surface area contributed by atoms with Crippen LogP contribution in [0.25, 0.3) is 11.0 Å². The van der Waals surface area contributed by atoms with E-state index in [2.05, 4.69) is 44.9 Å². The average molecular weight is 464 g/mol. The molecule has 4 aromatic rings. The second-order valence-corrected chi connectivity index (χ2v) is 8.50. The van der Waals surface area contributed by atoms with E-state index in [9.17, 15) is 0 Å². The number of aryl methyl sites for hydroxylation is 1. The molecule has 170 valence electrons. The van der Waals surface area contributed by atoms with Crippen LogP contribution in [-0.4, -0.2) is 40.3 Å². The molecule has 1 aliphatic rings. The first kappa shape index (κ1) is 21.6. The Morgan fingerprint density at radius 1 is 1.15 bits per heavy atom. The van der Waals surface area contributed by atoms with Crippen LogP contribution in [0.1, 0.15) is 12.5 Å². The highest BCUT2D eigenvalue weighted by Gasteiger charge is 2.25. The number of hydrogen-bond acceptors (Lipinski definition) is 6. The maximum absolute atomic E-state index is 5.87. The van der Waals surface area contributed by atoms with Gasteiger partial charge in [-0.25, -0.2) is 9.97 Å². The Morgan fingerprint density at radius 3 is 2.64 bits per heavy atom. The number of benzene rings is 2. The van der Waals surface area contributed by atoms with E-state index < -0.39 is 0 Å². The van der Waals surface area contributed by atoms with Gasteiger partial charge < -0.3 is 24.3 Å². The molecule has 8 heteroatoms. The smallest absolute Gasteiger partial charge is 0.219 e. The first-order valence-electron chi connectivity index (χ1n) is 11.0. The van der Waals surface area contributed by atoms with Gasteiger partial charge in [-0.05, 0) is 48.9 Å². The van der Waals surface area contributed by atoms with Gasteiger partial charge in [-0.15, -0.1) is 0 Å². The summed E-state index contributed by atoms with van der Waals surface area (Å²) < 4.78 is 13.2. The third-order valence-electron chi connectivity index (χ3n) is 5.89. The number of rotatable bonds is 8. The Morgan fingerprint density at radius 2 is 1.97 bits per heavy atom. The van der Waals surface area contributed by atoms with Crippen LogP contribution in [0.2, 0.25) is 5.02 Å². The molecule has 2 aromatic carbocycles. The lowest BCUT2D eigenvalue weighted by atomic mass is 10.1. The van der Waals surface area contributed by atoms with E-state index in [4.69, 9.17) is 26.1 Å². The van der Waals surface area contributed by atoms with Crippen molar-refractivity contribution < 1.29 is 9.47 Å². The number of nitrogens with zero attached hydrogens (tertiary/aromatic N) is 4. The van der Waals surface area contributed by atoms with Crippen LogP contribution >= 0.6 is 11.6 Å². The largest absolute Gasteiger partial charge is 0.439 e. The van der Waals surface area contributed by atoms with E-state index in [1.807, 2.05) is 31.3 Å². The minimum atomic E-state index is 0.459. The van der Waals surface area contributed by atoms with Crippen molar-refractivity contribution in [1.82, 2.24) is 14.5 Å². The van der Waals surface area contributed by atoms with Gasteiger partial charge in [0.15, 0.2) is 0 Å². The monoisotopic (exact) mass is 463 g/mol. The summed E-state index contributed by atoms with van der Waals surface area (Å²) in [6.07, 6.45) is 1.57. The lowest BCUT2D eigenvalue weighted by Gasteiger charge is -2.38. The van der Waals surface area contributed by atoms with Crippen LogP contribution in [0.15, 0.2) is 60.8 Å². The fraction of sp³-hybridized carbons (Fsp3) is 0.280. The van der Waals surface area contributed by atoms with Gasteiger partial charge in [-0.2, -0.15) is 0 Å². The Bertz CT molecular complexity index is 1240. The van der Waals surface area contributed by atoms with Gasteiger partial charge in [0.25, 0.3) is 0 Å². The predicted molar refractivity (Wildman–Crippen MR) is 131 cm³/mol. The van der Waals surface area contributed by atoms with Gasteiger partial charge in [-0.3, -0.25) is 0 Å². The number of halogens is 1. The van der Waals surface area contributed by atoms with Crippen molar-refractivity contribution >= 4 is 34.3 Å². The van der Waals surface area contributed by atoms with Crippen LogP contribution in [0.3, 0.4) is 0 Å². The van der Waals surface area contributed by atoms with E-state index in [1.54, 1.807) is 18.3 Å². The summed E-state index contributed by atoms with van der Waals surface area (Å²) in [4.78, 5) is 11.3. The molecule has 0 amide bonds. The van der Waals surface area contributed by atoms with Crippen molar-refractivity contribution in [3.63, 3.8) is 0 Å². The lowest BCUT2D eigenvalue weighted by Crippen LogP contribution is -2.49. The number of imidazole rings is 1. The molecule has 0 unspecified atom stereocenters. The first-order chi connectivity index (χ1) is 16.1. The minimum absolute atomic E-state index is 0.459. The quantitative estimate of drug-likeness (QED) is 0.385. The summed E-state index contributed by atoms with van der Waals surface area (Å²) in [6.45, 7) is 5.38. The number of fused-ring (bicyclic) bond motifs is 1. The van der Waals surface area contributed by atoms with E-state index in [-0.39, 0.29) is 0 Å². The summed E-state index contributed by atoms with van der Waals surface area (Å²) >= 11 is 5.87. The van der Waals surface area contributed by atoms with Crippen LogP contribution in [0.4, 0.5) is 11.6 Å². The third-order valence-corrected chi connectivity index (χ3v) is 6.12. The van der Waals surface area contributed by atoms with Gasteiger partial charge in [-0.1, -0.05) is 23.7 Å². The molecule has 5 rings (SSSR count). The lowest BCUT2D eigenvalue weighted by molar-refractivity contribution is 0.00848. The maximum Gasteiger partial charge on any atom is 0.219 e. The third kappa shape index (κ3) is 4.60. The SMILES string of the molecule is CCN(c1ccc2nc(NCc3ccc(Oc4ccc(Cl)cn4)cc3)n(C)c2c1)C1COC1. The molecule has 7 nitrogen and oxygen atoms in total. The average Bonchev–Trinajstić information content (AvgIpc) is 3.12. The Balaban J connectivity index is 1.26. The summed E-state index contributed by atoms with van der Waals surface area (Å²) in [5.41, 5.74) is 4.41. The van der Waals surface area contributed by atoms with Gasteiger partial charge in [0, 0.05) is 38.1 Å². The molecule has 0 bridgehead atoms. The molecule has 2 aromatic heterocycles. The van der Waals surface area contributed by atoms with Gasteiger partial charge in [0.1, 0.15) is 5.75 Å². The van der Waals surface area contributed by atoms with Crippen LogP contribution in [0.5, 0.6) is 11.6 Å². The van der Waals surface area contributed by atoms with E-state index in [0.29, 0.717) is 23.5 Å². The molecule has 1 aliphatic heterocycles. The summed E-state index contributed by atoms with van der Waals surface area (Å²) in [7, 11) is 2.04. The van der Waals surface area contributed by atoms with Crippen molar-refractivity contribution in [2.24, 2.45) is 7.05 Å². The van der Waals surface area contributed by atoms with Crippen molar-refractivity contribution in [1.29, 1.82) is 0 Å². The summed E-state index contributed by atoms with van der Waals surface area (Å²) in [6, 6.07) is 18.3. The highest BCUT2D eigenvalue weighted by molar-refractivity contribution is 6.30. The molecule has 0 radical (unpaired) electrons. The van der Waals surface area contributed by atoms with Gasteiger partial charge >= 0.3 is 0 Å². The second-order valence-electron chi connectivity index (χ2n) is 8.06. The fourth-order valence-corrected chi connectivity index (χ4v) is 4.08. The Hall–Kier alpha value is -3.29. The zero-order chi connectivity index (χ0) is 22.8. The zero-order valence-corrected chi connectivity index (χ0v) is 19.4. The predicted octanol–water partition coefficient (Wildman–Crippen LogP) is 5.25. The summed E-state index contributed by atoms with van der Waals surface area (Å²) in [5.74, 6) is 2.07. The standard InChI is InChI=1S/C25H26ClN5O2/c1-3-31(20-15-32-16-20)19-7-10-22-23(12-19)30(2)25(29-22)28-13-17-4-8-21(9-5-17)33-24-11-6-18(26)14-27-24/h4-12,14,20H,3,13,15-16H2,1-2H3,(H,28,29). The minimum Gasteiger partial charge on any atom is -0.439 e. The molecule has 33 heavy (non-hydrogen) atoms. The molecule has 1 fully saturated rings. The topological polar surface area (TPSA) is 64.4 Å². The molecule has 0 aliphatic carbocycles. The Labute approximate surface area is 197 Å². The number of likely N-dealkylation sites (N-methyl/N-ethyl adjacent to an activating group) is 1. The number of pyridine rings is 1. The number of nitrogens with one attached hydrogen (secondary N) is 1. The fourth-order valence-electron chi connectivity index (χ4n) is 3.97. The van der Waals surface area contributed by atoms with Crippen molar-refractivity contribution in [3.05, 3.63) is 71.4 Å². The molecule has 1 saturated heterocycles. The van der Waals surface area contributed by atoms with Crippen molar-refractivity contribution in [2.45, 2.75) is 19.5 Å². The molecule has 3 heterocycles. The number of hydrogen-bond donors (Lipinski definition) is 1. The van der Waals surface area contributed by atoms with E-state index in [0.717, 1.165) is 48.1 Å². The maximum atomic E-state index is 5.87. The van der Waals surface area contributed by atoms with E-state index in [1.165, 1.54) is 5.69 Å². The van der Waals surface area contributed by atoms with Gasteiger partial charge in [0.05, 0.1) is 35.3 Å². The van der Waals surface area contributed by atoms with Gasteiger partial charge in [0.2, 0.25) is 11.8 Å². The first-order valence-corrected chi connectivity index (χ1v) is 11.4. The highest BCUT2D eigenvalue weighted by Crippen LogP contribution is 2.27. The van der Waals surface area contributed by atoms with Crippen molar-refractivity contribution in [2.75, 3.05) is 30.0 Å². The van der Waals surface area contributed by atoms with Crippen molar-refractivity contribution in [3.8, 4) is 11.6 Å². The Kier molecular flexibility index (Phi) is 6.07. The second kappa shape index (κ2) is 9.29. The highest BCUT2D eigenvalue weighted by atomic mass is 35.5. The van der Waals surface area contributed by atoms with Crippen LogP contribution < -0.4 is 15.0 Å². The molecular weight excluding hydrogens is 438 g/mol. The number of ether oxygens (including phenoxy) is 2. The number of anilines is 2. The molecule has 0 atom stereocenters. The van der Waals surface area contributed by atoms with Crippen LogP contribution in [-0.2, 0) is 18.3 Å².